The van der Waals surface area contributed by atoms with E-state index in [0.29, 0.717) is 27.9 Å². The van der Waals surface area contributed by atoms with Crippen molar-refractivity contribution in [2.24, 2.45) is 0 Å². The summed E-state index contributed by atoms with van der Waals surface area (Å²) in [6.07, 6.45) is 3.49. The Labute approximate surface area is 202 Å². The topological polar surface area (TPSA) is 123 Å². The van der Waals surface area contributed by atoms with Gasteiger partial charge < -0.3 is 19.6 Å². The van der Waals surface area contributed by atoms with Gasteiger partial charge in [0.2, 0.25) is 11.3 Å². The predicted molar refractivity (Wildman–Crippen MR) is 134 cm³/mol. The van der Waals surface area contributed by atoms with Gasteiger partial charge in [0.05, 0.1) is 12.4 Å². The van der Waals surface area contributed by atoms with Crippen molar-refractivity contribution in [2.75, 3.05) is 0 Å². The Kier molecular flexibility index (Phi) is 5.79. The Hall–Kier alpha value is -3.73. The molecule has 0 fully saturated rings. The smallest absolute Gasteiger partial charge is 0.352 e. The third kappa shape index (κ3) is 3.95. The molecular weight excluding hydrogens is 471 g/mol. The fourth-order valence-electron chi connectivity index (χ4n) is 4.79. The molecule has 0 aliphatic rings. The first-order valence-electron chi connectivity index (χ1n) is 10.9. The Morgan fingerprint density at radius 3 is 2.69 bits per heavy atom. The van der Waals surface area contributed by atoms with Crippen molar-refractivity contribution < 1.29 is 23.1 Å². The number of rotatable bonds is 7. The van der Waals surface area contributed by atoms with E-state index < -0.39 is 23.1 Å². The van der Waals surface area contributed by atoms with Gasteiger partial charge in [-0.05, 0) is 47.4 Å². The summed E-state index contributed by atoms with van der Waals surface area (Å²) in [6, 6.07) is 12.1. The average Bonchev–Trinajstić information content (AvgIpc) is 3.53. The summed E-state index contributed by atoms with van der Waals surface area (Å²) in [6.45, 7) is 4.05. The van der Waals surface area contributed by atoms with Gasteiger partial charge in [0.1, 0.15) is 11.5 Å². The highest BCUT2D eigenvalue weighted by atomic mass is 32.2. The summed E-state index contributed by atoms with van der Waals surface area (Å²) in [7, 11) is 0. The minimum atomic E-state index is -2.17. The van der Waals surface area contributed by atoms with E-state index in [2.05, 4.69) is 14.7 Å². The molecule has 0 spiro atoms. The molecule has 5 N–H and O–H groups in total. The molecule has 0 amide bonds. The average molecular weight is 495 g/mol. The summed E-state index contributed by atoms with van der Waals surface area (Å²) in [5.74, 6) is -1.63. The molecule has 3 aromatic heterocycles. The first-order valence-corrected chi connectivity index (χ1v) is 12.1. The van der Waals surface area contributed by atoms with Gasteiger partial charge in [-0.15, -0.1) is 0 Å². The van der Waals surface area contributed by atoms with Crippen molar-refractivity contribution in [3.8, 4) is 22.4 Å². The fourth-order valence-corrected chi connectivity index (χ4v) is 5.04. The van der Waals surface area contributed by atoms with Gasteiger partial charge in [-0.2, -0.15) is 4.72 Å². The van der Waals surface area contributed by atoms with Crippen molar-refractivity contribution >= 4 is 39.0 Å². The zero-order chi connectivity index (χ0) is 24.9. The lowest BCUT2D eigenvalue weighted by atomic mass is 9.89. The lowest BCUT2D eigenvalue weighted by molar-refractivity contribution is 0.0692. The normalized spacial score (nSPS) is 12.7. The maximum absolute atomic E-state index is 14.5. The van der Waals surface area contributed by atoms with E-state index >= 15 is 0 Å². The van der Waals surface area contributed by atoms with Crippen LogP contribution in [-0.2, 0) is 17.9 Å². The van der Waals surface area contributed by atoms with Gasteiger partial charge in [0, 0.05) is 45.3 Å². The zero-order valence-electron chi connectivity index (χ0n) is 18.9. The number of nitrogens with one attached hydrogen (secondary N) is 3. The minimum absolute atomic E-state index is 0.0199. The number of fused-ring (bicyclic) bond motifs is 2. The second kappa shape index (κ2) is 8.81. The van der Waals surface area contributed by atoms with E-state index in [1.165, 1.54) is 12.1 Å². The van der Waals surface area contributed by atoms with Crippen LogP contribution >= 0.6 is 0 Å². The van der Waals surface area contributed by atoms with Gasteiger partial charge in [-0.1, -0.05) is 26.0 Å². The Morgan fingerprint density at radius 2 is 1.97 bits per heavy atom. The number of aromatic amines is 2. The van der Waals surface area contributed by atoms with Gasteiger partial charge in [0.15, 0.2) is 0 Å². The molecule has 10 heteroatoms. The third-order valence-electron chi connectivity index (χ3n) is 6.17. The molecular formula is C25H23FN4O4S. The van der Waals surface area contributed by atoms with Crippen LogP contribution in [0.3, 0.4) is 0 Å². The zero-order valence-corrected chi connectivity index (χ0v) is 19.7. The number of benzene rings is 2. The lowest BCUT2D eigenvalue weighted by Crippen LogP contribution is -2.19. The minimum Gasteiger partial charge on any atom is -0.477 e. The van der Waals surface area contributed by atoms with Crippen molar-refractivity contribution in [3.05, 3.63) is 71.9 Å². The number of halogens is 1. The van der Waals surface area contributed by atoms with E-state index in [1.807, 2.05) is 44.2 Å². The van der Waals surface area contributed by atoms with Crippen LogP contribution in [0.25, 0.3) is 44.2 Å². The number of hydrogen-bond donors (Lipinski definition) is 5. The van der Waals surface area contributed by atoms with Gasteiger partial charge in [0.25, 0.3) is 0 Å². The van der Waals surface area contributed by atoms with Gasteiger partial charge in [-0.3, -0.25) is 4.55 Å². The first kappa shape index (κ1) is 23.0. The number of carboxylic acid groups (broad SMARTS) is 1. The van der Waals surface area contributed by atoms with E-state index in [1.54, 1.807) is 17.0 Å². The summed E-state index contributed by atoms with van der Waals surface area (Å²) in [5, 5.41) is 11.7. The van der Waals surface area contributed by atoms with Crippen LogP contribution in [0.5, 0.6) is 0 Å². The van der Waals surface area contributed by atoms with Crippen LogP contribution in [0.15, 0.2) is 54.9 Å². The Balaban J connectivity index is 1.80. The molecule has 2 aromatic carbocycles. The number of aromatic carboxylic acids is 1. The van der Waals surface area contributed by atoms with Crippen LogP contribution in [0.4, 0.5) is 4.39 Å². The number of hydrogen-bond acceptors (Lipinski definition) is 2. The van der Waals surface area contributed by atoms with E-state index in [4.69, 9.17) is 4.55 Å². The fraction of sp³-hybridized carbons (Fsp3) is 0.160. The second-order valence-corrected chi connectivity index (χ2v) is 9.38. The second-order valence-electron chi connectivity index (χ2n) is 8.59. The Morgan fingerprint density at radius 1 is 1.17 bits per heavy atom. The highest BCUT2D eigenvalue weighted by molar-refractivity contribution is 7.77. The summed E-state index contributed by atoms with van der Waals surface area (Å²) in [5.41, 5.74) is 4.57. The van der Waals surface area contributed by atoms with Crippen molar-refractivity contribution in [1.29, 1.82) is 0 Å². The largest absolute Gasteiger partial charge is 0.477 e. The molecule has 0 saturated heterocycles. The number of aromatic nitrogens is 3. The predicted octanol–water partition coefficient (Wildman–Crippen LogP) is 5.43. The molecule has 0 aliphatic carbocycles. The highest BCUT2D eigenvalue weighted by Gasteiger charge is 2.28. The van der Waals surface area contributed by atoms with Gasteiger partial charge in [-0.25, -0.2) is 13.4 Å². The van der Waals surface area contributed by atoms with Gasteiger partial charge >= 0.3 is 5.97 Å². The SMILES string of the molecule is CC(C)c1c(-c2cc(F)cc3[nH]ccc23)[nH]c(C(=O)O)c1-c1cccc2c1ccn2CNS(=O)O. The molecule has 0 saturated carbocycles. The van der Waals surface area contributed by atoms with E-state index in [9.17, 15) is 18.5 Å². The first-order chi connectivity index (χ1) is 16.8. The molecule has 180 valence electrons. The lowest BCUT2D eigenvalue weighted by Gasteiger charge is -2.14. The number of carboxylic acids is 1. The van der Waals surface area contributed by atoms with Crippen molar-refractivity contribution in [3.63, 3.8) is 0 Å². The van der Waals surface area contributed by atoms with Crippen LogP contribution in [0.1, 0.15) is 35.8 Å². The molecule has 8 nitrogen and oxygen atoms in total. The summed E-state index contributed by atoms with van der Waals surface area (Å²) >= 11 is -2.17. The molecule has 0 radical (unpaired) electrons. The van der Waals surface area contributed by atoms with E-state index in [-0.39, 0.29) is 18.3 Å². The van der Waals surface area contributed by atoms with Crippen molar-refractivity contribution in [2.45, 2.75) is 26.4 Å². The summed E-state index contributed by atoms with van der Waals surface area (Å²) < 4.78 is 38.9. The van der Waals surface area contributed by atoms with E-state index in [0.717, 1.165) is 21.9 Å². The van der Waals surface area contributed by atoms with Crippen LogP contribution < -0.4 is 4.72 Å². The number of carbonyl (C=O) groups is 1. The Bertz CT molecular complexity index is 1610. The third-order valence-corrected chi connectivity index (χ3v) is 6.55. The van der Waals surface area contributed by atoms with Crippen LogP contribution in [0.2, 0.25) is 0 Å². The number of H-pyrrole nitrogens is 2. The van der Waals surface area contributed by atoms with Crippen molar-refractivity contribution in [1.82, 2.24) is 19.3 Å². The summed E-state index contributed by atoms with van der Waals surface area (Å²) in [4.78, 5) is 18.5. The standard InChI is InChI=1S/C25H23FN4O4S/c1-13(2)21-22(17-4-3-5-20-16(17)7-9-30(20)12-28-35(33)34)24(25(31)32)29-23(21)18-10-14(26)11-19-15(18)6-8-27-19/h3-11,13,27-29H,12H2,1-2H3,(H,31,32)(H,33,34). The number of nitrogens with zero attached hydrogens (tertiary/aromatic N) is 1. The maximum atomic E-state index is 14.5. The molecule has 1 unspecified atom stereocenters. The molecule has 5 aromatic rings. The monoisotopic (exact) mass is 494 g/mol. The molecule has 35 heavy (non-hydrogen) atoms. The quantitative estimate of drug-likeness (QED) is 0.194. The molecule has 1 atom stereocenters. The molecule has 0 aliphatic heterocycles. The van der Waals surface area contributed by atoms with Crippen LogP contribution in [0, 0.1) is 5.82 Å². The van der Waals surface area contributed by atoms with Crippen LogP contribution in [-0.4, -0.2) is 34.4 Å². The molecule has 0 bridgehead atoms. The maximum Gasteiger partial charge on any atom is 0.352 e. The molecule has 5 rings (SSSR count). The highest BCUT2D eigenvalue weighted by Crippen LogP contribution is 2.44. The molecule has 3 heterocycles.